The fourth-order valence-electron chi connectivity index (χ4n) is 1.89. The SMILES string of the molecule is CCC(C(=O)NCCCOC)n1nc([N+](=O)[O-])cc1C. The van der Waals surface area contributed by atoms with Crippen LogP contribution in [-0.4, -0.2) is 40.9 Å². The molecule has 0 fully saturated rings. The zero-order chi connectivity index (χ0) is 15.1. The van der Waals surface area contributed by atoms with Gasteiger partial charge in [0.15, 0.2) is 6.04 Å². The molecule has 8 nitrogen and oxygen atoms in total. The molecule has 1 rings (SSSR count). The minimum Gasteiger partial charge on any atom is -0.385 e. The molecule has 1 aromatic heterocycles. The summed E-state index contributed by atoms with van der Waals surface area (Å²) < 4.78 is 6.31. The lowest BCUT2D eigenvalue weighted by Gasteiger charge is -2.14. The van der Waals surface area contributed by atoms with E-state index in [0.717, 1.165) is 6.42 Å². The number of amides is 1. The van der Waals surface area contributed by atoms with E-state index < -0.39 is 11.0 Å². The van der Waals surface area contributed by atoms with E-state index in [1.54, 1.807) is 14.0 Å². The summed E-state index contributed by atoms with van der Waals surface area (Å²) in [5.74, 6) is -0.433. The van der Waals surface area contributed by atoms with Gasteiger partial charge in [0.25, 0.3) is 0 Å². The van der Waals surface area contributed by atoms with Gasteiger partial charge in [-0.15, -0.1) is 0 Å². The van der Waals surface area contributed by atoms with Gasteiger partial charge in [0.1, 0.15) is 0 Å². The molecule has 0 saturated heterocycles. The van der Waals surface area contributed by atoms with Crippen LogP contribution in [0.2, 0.25) is 0 Å². The van der Waals surface area contributed by atoms with E-state index in [1.165, 1.54) is 10.7 Å². The molecule has 1 unspecified atom stereocenters. The third-order valence-corrected chi connectivity index (χ3v) is 2.91. The quantitative estimate of drug-likeness (QED) is 0.439. The highest BCUT2D eigenvalue weighted by Gasteiger charge is 2.26. The molecular formula is C12H20N4O4. The average molecular weight is 284 g/mol. The van der Waals surface area contributed by atoms with E-state index in [1.807, 2.05) is 6.92 Å². The molecule has 1 aromatic rings. The van der Waals surface area contributed by atoms with Crippen LogP contribution in [0.4, 0.5) is 5.82 Å². The van der Waals surface area contributed by atoms with Crippen LogP contribution in [0.3, 0.4) is 0 Å². The number of hydrogen-bond donors (Lipinski definition) is 1. The van der Waals surface area contributed by atoms with Gasteiger partial charge in [0.2, 0.25) is 5.91 Å². The molecule has 1 amide bonds. The van der Waals surface area contributed by atoms with Gasteiger partial charge in [0, 0.05) is 20.3 Å². The number of nitrogens with zero attached hydrogens (tertiary/aromatic N) is 3. The van der Waals surface area contributed by atoms with Crippen molar-refractivity contribution in [1.82, 2.24) is 15.1 Å². The first-order valence-corrected chi connectivity index (χ1v) is 6.48. The van der Waals surface area contributed by atoms with Crippen LogP contribution >= 0.6 is 0 Å². The zero-order valence-corrected chi connectivity index (χ0v) is 12.0. The normalized spacial score (nSPS) is 12.2. The third-order valence-electron chi connectivity index (χ3n) is 2.91. The number of carbonyl (C=O) groups excluding carboxylic acids is 1. The molecule has 0 saturated carbocycles. The molecule has 20 heavy (non-hydrogen) atoms. The van der Waals surface area contributed by atoms with Crippen LogP contribution < -0.4 is 5.32 Å². The van der Waals surface area contributed by atoms with E-state index in [2.05, 4.69) is 10.4 Å². The third kappa shape index (κ3) is 4.02. The van der Waals surface area contributed by atoms with Gasteiger partial charge in [-0.2, -0.15) is 4.68 Å². The lowest BCUT2D eigenvalue weighted by molar-refractivity contribution is -0.389. The summed E-state index contributed by atoms with van der Waals surface area (Å²) in [6.45, 7) is 4.61. The Labute approximate surface area is 117 Å². The van der Waals surface area contributed by atoms with Gasteiger partial charge in [-0.25, -0.2) is 0 Å². The minimum absolute atomic E-state index is 0.190. The number of methoxy groups -OCH3 is 1. The minimum atomic E-state index is -0.563. The number of carbonyl (C=O) groups is 1. The molecule has 1 heterocycles. The monoisotopic (exact) mass is 284 g/mol. The molecule has 112 valence electrons. The fraction of sp³-hybridized carbons (Fsp3) is 0.667. The van der Waals surface area contributed by atoms with Crippen molar-refractivity contribution in [2.75, 3.05) is 20.3 Å². The van der Waals surface area contributed by atoms with Crippen LogP contribution in [0.15, 0.2) is 6.07 Å². The number of aryl methyl sites for hydroxylation is 1. The van der Waals surface area contributed by atoms with Crippen molar-refractivity contribution in [3.8, 4) is 0 Å². The molecule has 0 aliphatic carbocycles. The van der Waals surface area contributed by atoms with Crippen molar-refractivity contribution in [2.24, 2.45) is 0 Å². The van der Waals surface area contributed by atoms with Gasteiger partial charge in [-0.3, -0.25) is 4.79 Å². The Hall–Kier alpha value is -1.96. The fourth-order valence-corrected chi connectivity index (χ4v) is 1.89. The van der Waals surface area contributed by atoms with Crippen molar-refractivity contribution in [3.63, 3.8) is 0 Å². The number of rotatable bonds is 8. The number of hydrogen-bond acceptors (Lipinski definition) is 5. The van der Waals surface area contributed by atoms with Crippen LogP contribution in [0, 0.1) is 17.0 Å². The first kappa shape index (κ1) is 16.1. The Morgan fingerprint density at radius 3 is 2.85 bits per heavy atom. The standard InChI is InChI=1S/C12H20N4O4/c1-4-10(12(17)13-6-5-7-20-3)15-9(2)8-11(14-15)16(18)19/h8,10H,4-7H2,1-3H3,(H,13,17). The van der Waals surface area contributed by atoms with Crippen molar-refractivity contribution >= 4 is 11.7 Å². The Kier molecular flexibility index (Phi) is 6.10. The van der Waals surface area contributed by atoms with Crippen LogP contribution in [0.25, 0.3) is 0 Å². The molecule has 0 aliphatic heterocycles. The number of nitro groups is 1. The summed E-state index contributed by atoms with van der Waals surface area (Å²) in [5, 5.41) is 17.4. The number of aromatic nitrogens is 2. The van der Waals surface area contributed by atoms with Gasteiger partial charge in [0.05, 0.1) is 16.9 Å². The van der Waals surface area contributed by atoms with E-state index in [-0.39, 0.29) is 11.7 Å². The van der Waals surface area contributed by atoms with Crippen LogP contribution in [0.1, 0.15) is 31.5 Å². The molecular weight excluding hydrogens is 264 g/mol. The smallest absolute Gasteiger partial charge is 0.385 e. The Morgan fingerprint density at radius 2 is 2.35 bits per heavy atom. The second-order valence-electron chi connectivity index (χ2n) is 4.41. The maximum Gasteiger partial charge on any atom is 0.390 e. The predicted octanol–water partition coefficient (Wildman–Crippen LogP) is 1.20. The molecule has 8 heteroatoms. The van der Waals surface area contributed by atoms with E-state index in [0.29, 0.717) is 25.3 Å². The van der Waals surface area contributed by atoms with Gasteiger partial charge in [-0.05, 0) is 24.7 Å². The van der Waals surface area contributed by atoms with Crippen LogP contribution in [0.5, 0.6) is 0 Å². The Bertz CT molecular complexity index is 472. The van der Waals surface area contributed by atoms with E-state index >= 15 is 0 Å². The summed E-state index contributed by atoms with van der Waals surface area (Å²) in [5.41, 5.74) is 0.593. The maximum atomic E-state index is 12.1. The zero-order valence-electron chi connectivity index (χ0n) is 12.0. The van der Waals surface area contributed by atoms with Crippen molar-refractivity contribution < 1.29 is 14.5 Å². The number of ether oxygens (including phenoxy) is 1. The molecule has 0 radical (unpaired) electrons. The van der Waals surface area contributed by atoms with Gasteiger partial charge < -0.3 is 20.2 Å². The van der Waals surface area contributed by atoms with E-state index in [4.69, 9.17) is 4.74 Å². The molecule has 1 N–H and O–H groups in total. The Morgan fingerprint density at radius 1 is 1.65 bits per heavy atom. The van der Waals surface area contributed by atoms with Crippen LogP contribution in [-0.2, 0) is 9.53 Å². The lowest BCUT2D eigenvalue weighted by Crippen LogP contribution is -2.34. The molecule has 0 aliphatic rings. The molecule has 1 atom stereocenters. The average Bonchev–Trinajstić information content (AvgIpc) is 2.78. The topological polar surface area (TPSA) is 99.3 Å². The second kappa shape index (κ2) is 7.59. The van der Waals surface area contributed by atoms with E-state index in [9.17, 15) is 14.9 Å². The number of nitrogens with one attached hydrogen (secondary N) is 1. The maximum absolute atomic E-state index is 12.1. The highest BCUT2D eigenvalue weighted by atomic mass is 16.6. The predicted molar refractivity (Wildman–Crippen MR) is 72.4 cm³/mol. The van der Waals surface area contributed by atoms with Crippen molar-refractivity contribution in [3.05, 3.63) is 21.9 Å². The van der Waals surface area contributed by atoms with Crippen molar-refractivity contribution in [1.29, 1.82) is 0 Å². The lowest BCUT2D eigenvalue weighted by atomic mass is 10.2. The Balaban J connectivity index is 2.74. The molecule has 0 bridgehead atoms. The highest BCUT2D eigenvalue weighted by Crippen LogP contribution is 2.18. The first-order chi connectivity index (χ1) is 9.51. The summed E-state index contributed by atoms with van der Waals surface area (Å²) in [4.78, 5) is 22.2. The molecule has 0 spiro atoms. The summed E-state index contributed by atoms with van der Waals surface area (Å²) in [6, 6.07) is 0.826. The largest absolute Gasteiger partial charge is 0.390 e. The highest BCUT2D eigenvalue weighted by molar-refractivity contribution is 5.80. The van der Waals surface area contributed by atoms with Crippen molar-refractivity contribution in [2.45, 2.75) is 32.7 Å². The second-order valence-corrected chi connectivity index (χ2v) is 4.41. The van der Waals surface area contributed by atoms with Gasteiger partial charge in [-0.1, -0.05) is 6.92 Å². The first-order valence-electron chi connectivity index (χ1n) is 6.48. The summed E-state index contributed by atoms with van der Waals surface area (Å²) in [7, 11) is 1.60. The summed E-state index contributed by atoms with van der Waals surface area (Å²) >= 11 is 0. The van der Waals surface area contributed by atoms with Gasteiger partial charge >= 0.3 is 5.82 Å². The molecule has 0 aromatic carbocycles. The summed E-state index contributed by atoms with van der Waals surface area (Å²) in [6.07, 6.45) is 1.23.